The number of benzene rings is 1. The third kappa shape index (κ3) is 7.80. The van der Waals surface area contributed by atoms with Gasteiger partial charge in [-0.15, -0.1) is 0 Å². The van der Waals surface area contributed by atoms with Crippen LogP contribution in [-0.2, 0) is 20.0 Å². The lowest BCUT2D eigenvalue weighted by atomic mass is 9.87. The molecule has 0 amide bonds. The van der Waals surface area contributed by atoms with E-state index in [-0.39, 0.29) is 11.2 Å². The molecule has 0 bridgehead atoms. The molecule has 6 nitrogen and oxygen atoms in total. The van der Waals surface area contributed by atoms with Gasteiger partial charge in [0.2, 0.25) is 0 Å². The molecule has 2 N–H and O–H groups in total. The number of nitrogens with zero attached hydrogens (tertiary/aromatic N) is 1. The van der Waals surface area contributed by atoms with Crippen molar-refractivity contribution in [2.24, 2.45) is 10.9 Å². The molecule has 0 aliphatic heterocycles. The standard InChI is InChI=1S/C21H35N3O3S/c1-21(2,3)18-8-10-19(11-9-18)28(25,26)15-13-24-20(22-4)23-12-5-14-27-16-17-6-7-17/h8-11,17H,5-7,12-16H2,1-4H3,(H2,22,23,24). The summed E-state index contributed by atoms with van der Waals surface area (Å²) in [6.07, 6.45) is 3.50. The first-order valence-electron chi connectivity index (χ1n) is 10.1. The predicted molar refractivity (Wildman–Crippen MR) is 115 cm³/mol. The van der Waals surface area contributed by atoms with Crippen LogP contribution in [-0.4, -0.2) is 53.5 Å². The van der Waals surface area contributed by atoms with Crippen molar-refractivity contribution in [1.82, 2.24) is 10.6 Å². The van der Waals surface area contributed by atoms with Crippen molar-refractivity contribution in [1.29, 1.82) is 0 Å². The fraction of sp³-hybridized carbons (Fsp3) is 0.667. The maximum Gasteiger partial charge on any atom is 0.191 e. The third-order valence-electron chi connectivity index (χ3n) is 4.77. The molecular formula is C21H35N3O3S. The molecule has 0 saturated heterocycles. The first-order chi connectivity index (χ1) is 13.2. The minimum Gasteiger partial charge on any atom is -0.381 e. The number of hydrogen-bond donors (Lipinski definition) is 2. The summed E-state index contributed by atoms with van der Waals surface area (Å²) in [5, 5.41) is 6.26. The van der Waals surface area contributed by atoms with Crippen LogP contribution in [0, 0.1) is 5.92 Å². The lowest BCUT2D eigenvalue weighted by Gasteiger charge is -2.19. The molecular weight excluding hydrogens is 374 g/mol. The molecule has 1 saturated carbocycles. The van der Waals surface area contributed by atoms with E-state index in [0.29, 0.717) is 17.4 Å². The first-order valence-corrected chi connectivity index (χ1v) is 11.7. The number of nitrogens with one attached hydrogen (secondary N) is 2. The summed E-state index contributed by atoms with van der Waals surface area (Å²) in [4.78, 5) is 4.49. The van der Waals surface area contributed by atoms with Gasteiger partial charge in [0.1, 0.15) is 0 Å². The normalized spacial score (nSPS) is 15.5. The van der Waals surface area contributed by atoms with E-state index in [2.05, 4.69) is 36.4 Å². The van der Waals surface area contributed by atoms with Gasteiger partial charge in [0.05, 0.1) is 10.6 Å². The second-order valence-corrected chi connectivity index (χ2v) is 10.5. The summed E-state index contributed by atoms with van der Waals surface area (Å²) < 4.78 is 30.7. The average molecular weight is 410 g/mol. The Morgan fingerprint density at radius 3 is 2.36 bits per heavy atom. The van der Waals surface area contributed by atoms with Gasteiger partial charge in [0.15, 0.2) is 15.8 Å². The van der Waals surface area contributed by atoms with Gasteiger partial charge in [0, 0.05) is 33.4 Å². The zero-order chi connectivity index (χ0) is 20.6. The molecule has 1 aromatic rings. The summed E-state index contributed by atoms with van der Waals surface area (Å²) in [6, 6.07) is 7.19. The number of ether oxygens (including phenoxy) is 1. The molecule has 0 spiro atoms. The Balaban J connectivity index is 1.70. The van der Waals surface area contributed by atoms with Gasteiger partial charge in [-0.3, -0.25) is 4.99 Å². The number of aliphatic imine (C=N–C) groups is 1. The average Bonchev–Trinajstić information content (AvgIpc) is 3.46. The molecule has 0 atom stereocenters. The molecule has 1 aliphatic rings. The molecule has 0 heterocycles. The van der Waals surface area contributed by atoms with E-state index < -0.39 is 9.84 Å². The molecule has 0 unspecified atom stereocenters. The van der Waals surface area contributed by atoms with E-state index in [1.165, 1.54) is 12.8 Å². The van der Waals surface area contributed by atoms with Crippen molar-refractivity contribution in [2.75, 3.05) is 39.1 Å². The Kier molecular flexibility index (Phi) is 8.31. The summed E-state index contributed by atoms with van der Waals surface area (Å²) in [7, 11) is -1.65. The SMILES string of the molecule is CN=C(NCCCOCC1CC1)NCCS(=O)(=O)c1ccc(C(C)(C)C)cc1. The molecule has 1 aromatic carbocycles. The summed E-state index contributed by atoms with van der Waals surface area (Å²) in [5.74, 6) is 1.42. The summed E-state index contributed by atoms with van der Waals surface area (Å²) in [6.45, 7) is 8.99. The maximum atomic E-state index is 12.5. The molecule has 2 rings (SSSR count). The van der Waals surface area contributed by atoms with Crippen LogP contribution in [0.15, 0.2) is 34.2 Å². The largest absolute Gasteiger partial charge is 0.381 e. The van der Waals surface area contributed by atoms with Crippen molar-refractivity contribution in [3.8, 4) is 0 Å². The van der Waals surface area contributed by atoms with Crippen LogP contribution in [0.5, 0.6) is 0 Å². The van der Waals surface area contributed by atoms with Gasteiger partial charge in [0.25, 0.3) is 0 Å². The van der Waals surface area contributed by atoms with Crippen LogP contribution >= 0.6 is 0 Å². The van der Waals surface area contributed by atoms with Crippen LogP contribution in [0.2, 0.25) is 0 Å². The Bertz CT molecular complexity index is 733. The highest BCUT2D eigenvalue weighted by Gasteiger charge is 2.21. The van der Waals surface area contributed by atoms with Crippen LogP contribution < -0.4 is 10.6 Å². The minimum absolute atomic E-state index is 0.00491. The highest BCUT2D eigenvalue weighted by Crippen LogP contribution is 2.28. The van der Waals surface area contributed by atoms with Crippen LogP contribution in [0.1, 0.15) is 45.6 Å². The number of sulfone groups is 1. The highest BCUT2D eigenvalue weighted by molar-refractivity contribution is 7.91. The predicted octanol–water partition coefficient (Wildman–Crippen LogP) is 2.74. The third-order valence-corrected chi connectivity index (χ3v) is 6.51. The van der Waals surface area contributed by atoms with Gasteiger partial charge in [-0.25, -0.2) is 8.42 Å². The first kappa shape index (κ1) is 22.7. The van der Waals surface area contributed by atoms with Crippen molar-refractivity contribution < 1.29 is 13.2 Å². The molecule has 1 aliphatic carbocycles. The second-order valence-electron chi connectivity index (χ2n) is 8.39. The smallest absolute Gasteiger partial charge is 0.191 e. The quantitative estimate of drug-likeness (QED) is 0.353. The molecule has 1 fully saturated rings. The van der Waals surface area contributed by atoms with Gasteiger partial charge >= 0.3 is 0 Å². The lowest BCUT2D eigenvalue weighted by Crippen LogP contribution is -2.40. The fourth-order valence-electron chi connectivity index (χ4n) is 2.72. The highest BCUT2D eigenvalue weighted by atomic mass is 32.2. The van der Waals surface area contributed by atoms with Crippen LogP contribution in [0.25, 0.3) is 0 Å². The van der Waals surface area contributed by atoms with Gasteiger partial charge in [-0.2, -0.15) is 0 Å². The zero-order valence-electron chi connectivity index (χ0n) is 17.6. The van der Waals surface area contributed by atoms with Crippen LogP contribution in [0.3, 0.4) is 0 Å². The maximum absolute atomic E-state index is 12.5. The van der Waals surface area contributed by atoms with Crippen molar-refractivity contribution in [2.45, 2.75) is 50.3 Å². The summed E-state index contributed by atoms with van der Waals surface area (Å²) >= 11 is 0. The van der Waals surface area contributed by atoms with E-state index in [9.17, 15) is 8.42 Å². The number of rotatable bonds is 10. The molecule has 0 radical (unpaired) electrons. The number of hydrogen-bond acceptors (Lipinski definition) is 4. The monoisotopic (exact) mass is 409 g/mol. The van der Waals surface area contributed by atoms with Crippen molar-refractivity contribution >= 4 is 15.8 Å². The molecule has 28 heavy (non-hydrogen) atoms. The van der Waals surface area contributed by atoms with E-state index in [4.69, 9.17) is 4.74 Å². The van der Waals surface area contributed by atoms with Gasteiger partial charge in [-0.05, 0) is 48.3 Å². The molecule has 7 heteroatoms. The molecule has 158 valence electrons. The summed E-state index contributed by atoms with van der Waals surface area (Å²) in [5.41, 5.74) is 1.13. The van der Waals surface area contributed by atoms with E-state index in [1.54, 1.807) is 19.2 Å². The minimum atomic E-state index is -3.33. The number of guanidine groups is 1. The Labute approximate surface area is 170 Å². The van der Waals surface area contributed by atoms with Gasteiger partial charge < -0.3 is 15.4 Å². The van der Waals surface area contributed by atoms with E-state index >= 15 is 0 Å². The zero-order valence-corrected chi connectivity index (χ0v) is 18.4. The lowest BCUT2D eigenvalue weighted by molar-refractivity contribution is 0.123. The van der Waals surface area contributed by atoms with Crippen molar-refractivity contribution in [3.63, 3.8) is 0 Å². The Hall–Kier alpha value is -1.60. The van der Waals surface area contributed by atoms with E-state index in [1.807, 2.05) is 12.1 Å². The van der Waals surface area contributed by atoms with E-state index in [0.717, 1.165) is 37.7 Å². The Morgan fingerprint density at radius 1 is 1.14 bits per heavy atom. The van der Waals surface area contributed by atoms with Crippen molar-refractivity contribution in [3.05, 3.63) is 29.8 Å². The molecule has 0 aromatic heterocycles. The topological polar surface area (TPSA) is 79.8 Å². The second kappa shape index (κ2) is 10.3. The van der Waals surface area contributed by atoms with Crippen LogP contribution in [0.4, 0.5) is 0 Å². The fourth-order valence-corrected chi connectivity index (χ4v) is 3.88. The van der Waals surface area contributed by atoms with Gasteiger partial charge in [-0.1, -0.05) is 32.9 Å². The Morgan fingerprint density at radius 2 is 1.79 bits per heavy atom.